The lowest BCUT2D eigenvalue weighted by Gasteiger charge is -2.18. The standard InChI is InChI=1S/C17H19N3O3/c1-2-22-16-14(6-5-10-19-16)17(21)20-11-8-13(12-20)23-15-7-3-4-9-18-15/h3-7,9-10,13H,2,8,11-12H2,1H3. The second kappa shape index (κ2) is 7.09. The zero-order valence-electron chi connectivity index (χ0n) is 13.0. The van der Waals surface area contributed by atoms with E-state index in [2.05, 4.69) is 9.97 Å². The molecule has 1 amide bonds. The Labute approximate surface area is 135 Å². The highest BCUT2D eigenvalue weighted by Gasteiger charge is 2.30. The molecule has 120 valence electrons. The van der Waals surface area contributed by atoms with E-state index in [-0.39, 0.29) is 12.0 Å². The quantitative estimate of drug-likeness (QED) is 0.846. The van der Waals surface area contributed by atoms with Gasteiger partial charge in [0.2, 0.25) is 11.8 Å². The first-order valence-corrected chi connectivity index (χ1v) is 7.72. The Morgan fingerprint density at radius 1 is 1.26 bits per heavy atom. The SMILES string of the molecule is CCOc1ncccc1C(=O)N1CCC(Oc2ccccn2)C1. The van der Waals surface area contributed by atoms with Crippen LogP contribution >= 0.6 is 0 Å². The summed E-state index contributed by atoms with van der Waals surface area (Å²) in [5.74, 6) is 0.894. The van der Waals surface area contributed by atoms with Crippen LogP contribution in [0.2, 0.25) is 0 Å². The van der Waals surface area contributed by atoms with Crippen LogP contribution in [0.25, 0.3) is 0 Å². The Bertz CT molecular complexity index is 663. The molecule has 0 aromatic carbocycles. The van der Waals surface area contributed by atoms with Gasteiger partial charge in [-0.1, -0.05) is 6.07 Å². The van der Waals surface area contributed by atoms with Crippen molar-refractivity contribution in [2.24, 2.45) is 0 Å². The monoisotopic (exact) mass is 313 g/mol. The van der Waals surface area contributed by atoms with Crippen LogP contribution in [0.3, 0.4) is 0 Å². The second-order valence-corrected chi connectivity index (χ2v) is 5.24. The highest BCUT2D eigenvalue weighted by atomic mass is 16.5. The highest BCUT2D eigenvalue weighted by Crippen LogP contribution is 2.22. The largest absolute Gasteiger partial charge is 0.477 e. The summed E-state index contributed by atoms with van der Waals surface area (Å²) in [5, 5.41) is 0. The average molecular weight is 313 g/mol. The average Bonchev–Trinajstić information content (AvgIpc) is 3.04. The number of rotatable bonds is 5. The molecule has 1 atom stereocenters. The molecule has 1 aliphatic heterocycles. The fourth-order valence-electron chi connectivity index (χ4n) is 2.57. The van der Waals surface area contributed by atoms with Crippen molar-refractivity contribution in [2.45, 2.75) is 19.4 Å². The van der Waals surface area contributed by atoms with Crippen LogP contribution in [0.4, 0.5) is 0 Å². The van der Waals surface area contributed by atoms with Crippen LogP contribution in [0.1, 0.15) is 23.7 Å². The van der Waals surface area contributed by atoms with Crippen molar-refractivity contribution in [3.8, 4) is 11.8 Å². The Kier molecular flexibility index (Phi) is 4.71. The molecule has 0 saturated carbocycles. The maximum Gasteiger partial charge on any atom is 0.259 e. The molecule has 2 aromatic rings. The molecule has 3 rings (SSSR count). The van der Waals surface area contributed by atoms with Crippen molar-refractivity contribution in [2.75, 3.05) is 19.7 Å². The van der Waals surface area contributed by atoms with Gasteiger partial charge >= 0.3 is 0 Å². The zero-order valence-corrected chi connectivity index (χ0v) is 13.0. The first-order chi connectivity index (χ1) is 11.3. The van der Waals surface area contributed by atoms with Gasteiger partial charge in [-0.3, -0.25) is 4.79 Å². The number of likely N-dealkylation sites (tertiary alicyclic amines) is 1. The molecule has 0 N–H and O–H groups in total. The van der Waals surface area contributed by atoms with E-state index in [1.165, 1.54) is 0 Å². The van der Waals surface area contributed by atoms with Crippen LogP contribution in [-0.4, -0.2) is 46.6 Å². The normalized spacial score (nSPS) is 17.1. The van der Waals surface area contributed by atoms with E-state index >= 15 is 0 Å². The second-order valence-electron chi connectivity index (χ2n) is 5.24. The lowest BCUT2D eigenvalue weighted by molar-refractivity contribution is 0.0766. The van der Waals surface area contributed by atoms with Gasteiger partial charge in [0, 0.05) is 31.4 Å². The predicted molar refractivity (Wildman–Crippen MR) is 84.6 cm³/mol. The number of carbonyl (C=O) groups excluding carboxylic acids is 1. The number of amides is 1. The Hall–Kier alpha value is -2.63. The van der Waals surface area contributed by atoms with Crippen LogP contribution in [0.5, 0.6) is 11.8 Å². The molecule has 2 aromatic heterocycles. The highest BCUT2D eigenvalue weighted by molar-refractivity contribution is 5.96. The summed E-state index contributed by atoms with van der Waals surface area (Å²) in [6, 6.07) is 9.03. The molecule has 3 heterocycles. The minimum Gasteiger partial charge on any atom is -0.477 e. The molecule has 1 saturated heterocycles. The number of nitrogens with zero attached hydrogens (tertiary/aromatic N) is 3. The lowest BCUT2D eigenvalue weighted by Crippen LogP contribution is -2.31. The smallest absolute Gasteiger partial charge is 0.259 e. The summed E-state index contributed by atoms with van der Waals surface area (Å²) in [7, 11) is 0. The van der Waals surface area contributed by atoms with Gasteiger partial charge < -0.3 is 14.4 Å². The summed E-state index contributed by atoms with van der Waals surface area (Å²) in [5.41, 5.74) is 0.493. The molecule has 0 aliphatic carbocycles. The number of hydrogen-bond donors (Lipinski definition) is 0. The minimum absolute atomic E-state index is 0.0407. The molecule has 23 heavy (non-hydrogen) atoms. The number of pyridine rings is 2. The molecular weight excluding hydrogens is 294 g/mol. The third-order valence-corrected chi connectivity index (χ3v) is 3.64. The van der Waals surface area contributed by atoms with E-state index in [1.54, 1.807) is 29.4 Å². The van der Waals surface area contributed by atoms with E-state index in [1.807, 2.05) is 25.1 Å². The molecule has 1 fully saturated rings. The summed E-state index contributed by atoms with van der Waals surface area (Å²) in [6.45, 7) is 3.53. The van der Waals surface area contributed by atoms with Gasteiger partial charge in [-0.05, 0) is 25.1 Å². The summed E-state index contributed by atoms with van der Waals surface area (Å²) in [4.78, 5) is 22.7. The molecule has 6 heteroatoms. The van der Waals surface area contributed by atoms with Crippen LogP contribution < -0.4 is 9.47 Å². The van der Waals surface area contributed by atoms with Gasteiger partial charge in [-0.2, -0.15) is 0 Å². The lowest BCUT2D eigenvalue weighted by atomic mass is 10.2. The van der Waals surface area contributed by atoms with Gasteiger partial charge in [0.05, 0.1) is 13.2 Å². The van der Waals surface area contributed by atoms with Gasteiger partial charge in [0.1, 0.15) is 11.7 Å². The first-order valence-electron chi connectivity index (χ1n) is 7.72. The topological polar surface area (TPSA) is 64.5 Å². The molecule has 0 bridgehead atoms. The van der Waals surface area contributed by atoms with Crippen molar-refractivity contribution in [1.82, 2.24) is 14.9 Å². The molecule has 0 radical (unpaired) electrons. The first kappa shape index (κ1) is 15.3. The summed E-state index contributed by atoms with van der Waals surface area (Å²) < 4.78 is 11.3. The summed E-state index contributed by atoms with van der Waals surface area (Å²) in [6.07, 6.45) is 4.06. The van der Waals surface area contributed by atoms with Crippen LogP contribution in [-0.2, 0) is 0 Å². The molecule has 1 unspecified atom stereocenters. The number of hydrogen-bond acceptors (Lipinski definition) is 5. The van der Waals surface area contributed by atoms with E-state index in [0.29, 0.717) is 37.0 Å². The van der Waals surface area contributed by atoms with Gasteiger partial charge in [0.15, 0.2) is 0 Å². The van der Waals surface area contributed by atoms with E-state index in [0.717, 1.165) is 6.42 Å². The van der Waals surface area contributed by atoms with E-state index in [4.69, 9.17) is 9.47 Å². The maximum absolute atomic E-state index is 12.7. The third kappa shape index (κ3) is 3.59. The fraction of sp³-hybridized carbons (Fsp3) is 0.353. The van der Waals surface area contributed by atoms with Gasteiger partial charge in [0.25, 0.3) is 5.91 Å². The van der Waals surface area contributed by atoms with Crippen molar-refractivity contribution in [3.05, 3.63) is 48.3 Å². The number of carbonyl (C=O) groups is 1. The third-order valence-electron chi connectivity index (χ3n) is 3.64. The van der Waals surface area contributed by atoms with Gasteiger partial charge in [-0.25, -0.2) is 9.97 Å². The molecular formula is C17H19N3O3. The molecule has 6 nitrogen and oxygen atoms in total. The Balaban J connectivity index is 1.66. The maximum atomic E-state index is 12.7. The van der Waals surface area contributed by atoms with E-state index < -0.39 is 0 Å². The van der Waals surface area contributed by atoms with Crippen LogP contribution in [0, 0.1) is 0 Å². The summed E-state index contributed by atoms with van der Waals surface area (Å²) >= 11 is 0. The zero-order chi connectivity index (χ0) is 16.1. The number of aromatic nitrogens is 2. The minimum atomic E-state index is -0.0753. The van der Waals surface area contributed by atoms with Crippen molar-refractivity contribution in [1.29, 1.82) is 0 Å². The predicted octanol–water partition coefficient (Wildman–Crippen LogP) is 2.17. The molecule has 0 spiro atoms. The fourth-order valence-corrected chi connectivity index (χ4v) is 2.57. The van der Waals surface area contributed by atoms with E-state index in [9.17, 15) is 4.79 Å². The van der Waals surface area contributed by atoms with Crippen molar-refractivity contribution < 1.29 is 14.3 Å². The van der Waals surface area contributed by atoms with Crippen molar-refractivity contribution in [3.63, 3.8) is 0 Å². The van der Waals surface area contributed by atoms with Crippen LogP contribution in [0.15, 0.2) is 42.7 Å². The Morgan fingerprint density at radius 2 is 2.13 bits per heavy atom. The number of ether oxygens (including phenoxy) is 2. The van der Waals surface area contributed by atoms with Gasteiger partial charge in [-0.15, -0.1) is 0 Å². The Morgan fingerprint density at radius 3 is 2.91 bits per heavy atom. The molecule has 1 aliphatic rings. The van der Waals surface area contributed by atoms with Crippen molar-refractivity contribution >= 4 is 5.91 Å².